The molecule has 27 heavy (non-hydrogen) atoms. The van der Waals surface area contributed by atoms with Gasteiger partial charge in [0.05, 0.1) is 5.56 Å². The largest absolute Gasteiger partial charge is 0.298 e. The Labute approximate surface area is 158 Å². The highest BCUT2D eigenvalue weighted by Gasteiger charge is 2.21. The molecule has 1 heterocycles. The number of carbonyl (C=O) groups excluding carboxylic acids is 1. The molecule has 1 aromatic heterocycles. The van der Waals surface area contributed by atoms with Crippen molar-refractivity contribution >= 4 is 17.6 Å². The van der Waals surface area contributed by atoms with E-state index in [0.717, 1.165) is 36.3 Å². The molecule has 0 fully saturated rings. The number of rotatable bonds is 6. The summed E-state index contributed by atoms with van der Waals surface area (Å²) in [5.41, 5.74) is -1.23. The van der Waals surface area contributed by atoms with Crippen LogP contribution in [-0.2, 0) is 6.42 Å². The summed E-state index contributed by atoms with van der Waals surface area (Å²) in [6.45, 7) is 2.08. The summed E-state index contributed by atoms with van der Waals surface area (Å²) in [6, 6.07) is 8.28. The zero-order valence-corrected chi connectivity index (χ0v) is 15.3. The molecule has 0 amide bonds. The van der Waals surface area contributed by atoms with Gasteiger partial charge in [0.15, 0.2) is 29.6 Å². The third-order valence-corrected chi connectivity index (χ3v) is 5.49. The molecule has 6 heteroatoms. The van der Waals surface area contributed by atoms with Crippen molar-refractivity contribution in [1.29, 1.82) is 0 Å². The summed E-state index contributed by atoms with van der Waals surface area (Å²) in [6.07, 6.45) is 3.08. The second-order valence-corrected chi connectivity index (χ2v) is 7.27. The first kappa shape index (κ1) is 19.3. The maximum atomic E-state index is 14.6. The lowest BCUT2D eigenvalue weighted by atomic mass is 10.00. The normalized spacial score (nSPS) is 11.0. The molecule has 0 unspecified atom stereocenters. The smallest absolute Gasteiger partial charge is 0.169 e. The van der Waals surface area contributed by atoms with Crippen molar-refractivity contribution in [3.05, 3.63) is 70.1 Å². The van der Waals surface area contributed by atoms with Gasteiger partial charge in [0.1, 0.15) is 0 Å². The van der Waals surface area contributed by atoms with Gasteiger partial charge in [-0.05, 0) is 37.1 Å². The van der Waals surface area contributed by atoms with Crippen LogP contribution in [0, 0.1) is 23.3 Å². The fraction of sp³-hybridized carbons (Fsp3) is 0.190. The number of aldehydes is 1. The number of unbranched alkanes of at least 4 members (excludes halogenated alkanes) is 1. The number of hydrogen-bond acceptors (Lipinski definition) is 2. The van der Waals surface area contributed by atoms with E-state index in [4.69, 9.17) is 0 Å². The predicted octanol–water partition coefficient (Wildman–Crippen LogP) is 6.79. The molecular weight excluding hydrogens is 376 g/mol. The molecule has 0 aliphatic heterocycles. The molecule has 0 radical (unpaired) electrons. The minimum atomic E-state index is -1.39. The molecule has 0 atom stereocenters. The van der Waals surface area contributed by atoms with Gasteiger partial charge in [0, 0.05) is 26.4 Å². The van der Waals surface area contributed by atoms with Crippen molar-refractivity contribution in [1.82, 2.24) is 0 Å². The summed E-state index contributed by atoms with van der Waals surface area (Å²) in [5, 5.41) is 0. The molecule has 3 aromatic rings. The van der Waals surface area contributed by atoms with Gasteiger partial charge in [-0.15, -0.1) is 11.3 Å². The molecule has 0 N–H and O–H groups in total. The summed E-state index contributed by atoms with van der Waals surface area (Å²) in [7, 11) is 0. The van der Waals surface area contributed by atoms with Gasteiger partial charge < -0.3 is 0 Å². The lowest BCUT2D eigenvalue weighted by molar-refractivity contribution is 0.111. The van der Waals surface area contributed by atoms with Gasteiger partial charge in [0.2, 0.25) is 0 Å². The van der Waals surface area contributed by atoms with E-state index in [1.165, 1.54) is 23.5 Å². The minimum Gasteiger partial charge on any atom is -0.298 e. The van der Waals surface area contributed by atoms with Crippen LogP contribution >= 0.6 is 11.3 Å². The van der Waals surface area contributed by atoms with Crippen molar-refractivity contribution in [2.24, 2.45) is 0 Å². The van der Waals surface area contributed by atoms with E-state index >= 15 is 0 Å². The van der Waals surface area contributed by atoms with Crippen LogP contribution in [0.3, 0.4) is 0 Å². The van der Waals surface area contributed by atoms with Crippen molar-refractivity contribution < 1.29 is 22.4 Å². The van der Waals surface area contributed by atoms with E-state index in [1.54, 1.807) is 6.07 Å². The minimum absolute atomic E-state index is 0.0781. The molecule has 0 aliphatic rings. The highest BCUT2D eigenvalue weighted by atomic mass is 32.1. The van der Waals surface area contributed by atoms with Gasteiger partial charge in [-0.3, -0.25) is 4.79 Å². The maximum Gasteiger partial charge on any atom is 0.169 e. The molecule has 3 rings (SSSR count). The molecular formula is C21H16F4OS. The first-order valence-electron chi connectivity index (χ1n) is 8.48. The summed E-state index contributed by atoms with van der Waals surface area (Å²) >= 11 is 1.38. The number of carbonyl (C=O) groups is 1. The first-order valence-corrected chi connectivity index (χ1v) is 9.30. The van der Waals surface area contributed by atoms with Gasteiger partial charge >= 0.3 is 0 Å². The zero-order valence-electron chi connectivity index (χ0n) is 14.5. The maximum absolute atomic E-state index is 14.6. The average molecular weight is 392 g/mol. The molecule has 0 spiro atoms. The zero-order chi connectivity index (χ0) is 19.6. The van der Waals surface area contributed by atoms with E-state index in [0.29, 0.717) is 4.88 Å². The molecule has 0 saturated carbocycles. The van der Waals surface area contributed by atoms with Crippen LogP contribution in [-0.4, -0.2) is 6.29 Å². The molecule has 1 nitrogen and oxygen atoms in total. The van der Waals surface area contributed by atoms with Crippen molar-refractivity contribution in [2.45, 2.75) is 26.2 Å². The Hall–Kier alpha value is -2.47. The second kappa shape index (κ2) is 8.05. The van der Waals surface area contributed by atoms with E-state index in [9.17, 15) is 22.4 Å². The standard InChI is InChI=1S/C21H16F4OS/c1-2-3-4-13-6-10-17(27-13)16-9-8-15(20(24)21(16)25)14-7-5-12(11-26)18(22)19(14)23/h5-11H,2-4H2,1H3. The predicted molar refractivity (Wildman–Crippen MR) is 99.0 cm³/mol. The molecule has 2 aromatic carbocycles. The quantitative estimate of drug-likeness (QED) is 0.333. The summed E-state index contributed by atoms with van der Waals surface area (Å²) in [5.74, 6) is -5.14. The monoisotopic (exact) mass is 392 g/mol. The van der Waals surface area contributed by atoms with E-state index < -0.39 is 40.0 Å². The lowest BCUT2D eigenvalue weighted by Gasteiger charge is -2.10. The SMILES string of the molecule is CCCCc1ccc(-c2ccc(-c3ccc(C=O)c(F)c3F)c(F)c2F)s1. The van der Waals surface area contributed by atoms with Crippen LogP contribution in [0.1, 0.15) is 35.0 Å². The van der Waals surface area contributed by atoms with Crippen LogP contribution in [0.25, 0.3) is 21.6 Å². The Kier molecular flexibility index (Phi) is 5.75. The third kappa shape index (κ3) is 3.67. The number of thiophene rings is 1. The van der Waals surface area contributed by atoms with Crippen LogP contribution in [0.2, 0.25) is 0 Å². The van der Waals surface area contributed by atoms with Gasteiger partial charge in [-0.2, -0.15) is 0 Å². The molecule has 140 valence electrons. The fourth-order valence-corrected chi connectivity index (χ4v) is 3.89. The van der Waals surface area contributed by atoms with Crippen LogP contribution < -0.4 is 0 Å². The summed E-state index contributed by atoms with van der Waals surface area (Å²) < 4.78 is 57.2. The Bertz CT molecular complexity index is 994. The van der Waals surface area contributed by atoms with Crippen molar-refractivity contribution in [3.8, 4) is 21.6 Å². The van der Waals surface area contributed by atoms with Crippen LogP contribution in [0.15, 0.2) is 36.4 Å². The molecule has 0 bridgehead atoms. The number of halogens is 4. The second-order valence-electron chi connectivity index (χ2n) is 6.11. The molecule has 0 saturated heterocycles. The Morgan fingerprint density at radius 2 is 1.41 bits per heavy atom. The first-order chi connectivity index (χ1) is 13.0. The Balaban J connectivity index is 2.02. The van der Waals surface area contributed by atoms with Crippen LogP contribution in [0.5, 0.6) is 0 Å². The summed E-state index contributed by atoms with van der Waals surface area (Å²) in [4.78, 5) is 12.3. The third-order valence-electron chi connectivity index (χ3n) is 4.32. The highest BCUT2D eigenvalue weighted by molar-refractivity contribution is 7.15. The van der Waals surface area contributed by atoms with Crippen LogP contribution in [0.4, 0.5) is 17.6 Å². The lowest BCUT2D eigenvalue weighted by Crippen LogP contribution is -1.99. The average Bonchev–Trinajstić information content (AvgIpc) is 3.13. The van der Waals surface area contributed by atoms with E-state index in [-0.39, 0.29) is 11.8 Å². The van der Waals surface area contributed by atoms with E-state index in [1.807, 2.05) is 6.07 Å². The van der Waals surface area contributed by atoms with Crippen molar-refractivity contribution in [3.63, 3.8) is 0 Å². The van der Waals surface area contributed by atoms with Gasteiger partial charge in [0.25, 0.3) is 0 Å². The van der Waals surface area contributed by atoms with Gasteiger partial charge in [-0.25, -0.2) is 17.6 Å². The van der Waals surface area contributed by atoms with Gasteiger partial charge in [-0.1, -0.05) is 25.5 Å². The number of hydrogen-bond donors (Lipinski definition) is 0. The number of aryl methyl sites for hydroxylation is 1. The van der Waals surface area contributed by atoms with Crippen molar-refractivity contribution in [2.75, 3.05) is 0 Å². The molecule has 0 aliphatic carbocycles. The Morgan fingerprint density at radius 3 is 2.07 bits per heavy atom. The Morgan fingerprint density at radius 1 is 0.815 bits per heavy atom. The highest BCUT2D eigenvalue weighted by Crippen LogP contribution is 2.36. The topological polar surface area (TPSA) is 17.1 Å². The fourth-order valence-electron chi connectivity index (χ4n) is 2.82. The van der Waals surface area contributed by atoms with E-state index in [2.05, 4.69) is 6.92 Å². The number of benzene rings is 2.